The maximum atomic E-state index is 12.7. The van der Waals surface area contributed by atoms with Gasteiger partial charge in [-0.2, -0.15) is 13.2 Å². The van der Waals surface area contributed by atoms with Crippen molar-refractivity contribution in [2.24, 2.45) is 5.41 Å². The molecule has 5 nitrogen and oxygen atoms in total. The molecule has 0 unspecified atom stereocenters. The molecular formula is C12H13F3N2O3. The van der Waals surface area contributed by atoms with Gasteiger partial charge in [-0.3, -0.25) is 0 Å². The number of rotatable bonds is 4. The van der Waals surface area contributed by atoms with Crippen LogP contribution in [0, 0.1) is 12.3 Å². The smallest absolute Gasteiger partial charge is 0.397 e. The second-order valence-electron chi connectivity index (χ2n) is 4.70. The first-order chi connectivity index (χ1) is 9.29. The zero-order chi connectivity index (χ0) is 15.0. The SMILES string of the molecule is COC(=O)c1cnc(OCC2(C(F)(F)F)CC2)c(C)n1. The number of esters is 1. The van der Waals surface area contributed by atoms with Gasteiger partial charge in [0.1, 0.15) is 17.7 Å². The van der Waals surface area contributed by atoms with Crippen LogP contribution < -0.4 is 4.74 Å². The van der Waals surface area contributed by atoms with E-state index in [1.807, 2.05) is 0 Å². The van der Waals surface area contributed by atoms with Gasteiger partial charge in [-0.15, -0.1) is 0 Å². The number of hydrogen-bond acceptors (Lipinski definition) is 5. The molecule has 0 bridgehead atoms. The first kappa shape index (κ1) is 14.5. The lowest BCUT2D eigenvalue weighted by Gasteiger charge is -2.19. The third-order valence-electron chi connectivity index (χ3n) is 3.24. The zero-order valence-corrected chi connectivity index (χ0v) is 11.0. The van der Waals surface area contributed by atoms with E-state index in [1.165, 1.54) is 14.0 Å². The Bertz CT molecular complexity index is 527. The number of nitrogens with zero attached hydrogens (tertiary/aromatic N) is 2. The van der Waals surface area contributed by atoms with E-state index in [0.717, 1.165) is 6.20 Å². The van der Waals surface area contributed by atoms with Gasteiger partial charge in [0.15, 0.2) is 5.69 Å². The molecule has 0 N–H and O–H groups in total. The summed E-state index contributed by atoms with van der Waals surface area (Å²) in [4.78, 5) is 18.9. The number of alkyl halides is 3. The van der Waals surface area contributed by atoms with Crippen LogP contribution in [0.25, 0.3) is 0 Å². The van der Waals surface area contributed by atoms with E-state index in [2.05, 4.69) is 14.7 Å². The van der Waals surface area contributed by atoms with Crippen LogP contribution in [-0.2, 0) is 4.74 Å². The molecule has 0 atom stereocenters. The van der Waals surface area contributed by atoms with Crippen LogP contribution in [0.3, 0.4) is 0 Å². The van der Waals surface area contributed by atoms with E-state index in [1.54, 1.807) is 0 Å². The molecule has 8 heteroatoms. The Hall–Kier alpha value is -1.86. The second-order valence-corrected chi connectivity index (χ2v) is 4.70. The maximum absolute atomic E-state index is 12.7. The van der Waals surface area contributed by atoms with E-state index in [-0.39, 0.29) is 30.1 Å². The summed E-state index contributed by atoms with van der Waals surface area (Å²) < 4.78 is 47.8. The molecule has 1 fully saturated rings. The Morgan fingerprint density at radius 2 is 2.10 bits per heavy atom. The zero-order valence-electron chi connectivity index (χ0n) is 11.0. The first-order valence-corrected chi connectivity index (χ1v) is 5.90. The molecule has 0 aliphatic heterocycles. The standard InChI is InChI=1S/C12H13F3N2O3/c1-7-9(16-5-8(17-7)10(18)19-2)20-6-11(3-4-11)12(13,14)15/h5H,3-4,6H2,1-2H3. The third-order valence-corrected chi connectivity index (χ3v) is 3.24. The molecular weight excluding hydrogens is 277 g/mol. The van der Waals surface area contributed by atoms with E-state index >= 15 is 0 Å². The number of methoxy groups -OCH3 is 1. The fourth-order valence-corrected chi connectivity index (χ4v) is 1.68. The number of halogens is 3. The maximum Gasteiger partial charge on any atom is 0.397 e. The van der Waals surface area contributed by atoms with E-state index in [0.29, 0.717) is 0 Å². The number of carbonyl (C=O) groups excluding carboxylic acids is 1. The molecule has 1 aromatic heterocycles. The molecule has 20 heavy (non-hydrogen) atoms. The predicted octanol–water partition coefficient (Wildman–Crippen LogP) is 2.29. The van der Waals surface area contributed by atoms with E-state index in [4.69, 9.17) is 4.74 Å². The summed E-state index contributed by atoms with van der Waals surface area (Å²) in [6, 6.07) is 0. The molecule has 1 aliphatic rings. The van der Waals surface area contributed by atoms with Gasteiger partial charge in [-0.25, -0.2) is 14.8 Å². The van der Waals surface area contributed by atoms with E-state index < -0.39 is 24.2 Å². The van der Waals surface area contributed by atoms with Crippen LogP contribution in [0.4, 0.5) is 13.2 Å². The minimum atomic E-state index is -4.28. The highest BCUT2D eigenvalue weighted by molar-refractivity contribution is 5.86. The highest BCUT2D eigenvalue weighted by atomic mass is 19.4. The molecule has 110 valence electrons. The average Bonchev–Trinajstić information content (AvgIpc) is 3.17. The van der Waals surface area contributed by atoms with Gasteiger partial charge in [0, 0.05) is 0 Å². The number of aromatic nitrogens is 2. The van der Waals surface area contributed by atoms with Gasteiger partial charge in [0.25, 0.3) is 0 Å². The molecule has 1 heterocycles. The largest absolute Gasteiger partial charge is 0.475 e. The number of carbonyl (C=O) groups is 1. The lowest BCUT2D eigenvalue weighted by molar-refractivity contribution is -0.194. The van der Waals surface area contributed by atoms with Crippen molar-refractivity contribution in [1.82, 2.24) is 9.97 Å². The second kappa shape index (κ2) is 4.92. The monoisotopic (exact) mass is 290 g/mol. The summed E-state index contributed by atoms with van der Waals surface area (Å²) in [5.41, 5.74) is -1.54. The first-order valence-electron chi connectivity index (χ1n) is 5.90. The van der Waals surface area contributed by atoms with Gasteiger partial charge >= 0.3 is 12.1 Å². The summed E-state index contributed by atoms with van der Waals surface area (Å²) >= 11 is 0. The summed E-state index contributed by atoms with van der Waals surface area (Å²) in [5.74, 6) is -0.672. The normalized spacial score (nSPS) is 16.6. The fourth-order valence-electron chi connectivity index (χ4n) is 1.68. The molecule has 1 aromatic rings. The van der Waals surface area contributed by atoms with Gasteiger partial charge in [-0.05, 0) is 19.8 Å². The van der Waals surface area contributed by atoms with Gasteiger partial charge in [0.2, 0.25) is 5.88 Å². The predicted molar refractivity (Wildman–Crippen MR) is 61.3 cm³/mol. The molecule has 0 radical (unpaired) electrons. The van der Waals surface area contributed by atoms with Crippen molar-refractivity contribution >= 4 is 5.97 Å². The van der Waals surface area contributed by atoms with Crippen LogP contribution in [0.5, 0.6) is 5.88 Å². The lowest BCUT2D eigenvalue weighted by Crippen LogP contribution is -2.30. The highest BCUT2D eigenvalue weighted by Crippen LogP contribution is 2.57. The third kappa shape index (κ3) is 2.68. The molecule has 1 saturated carbocycles. The number of aryl methyl sites for hydroxylation is 1. The number of ether oxygens (including phenoxy) is 2. The van der Waals surface area contributed by atoms with E-state index in [9.17, 15) is 18.0 Å². The Balaban J connectivity index is 2.06. The fraction of sp³-hybridized carbons (Fsp3) is 0.583. The average molecular weight is 290 g/mol. The Labute approximate surface area is 113 Å². The molecule has 0 aromatic carbocycles. The summed E-state index contributed by atoms with van der Waals surface area (Å²) in [7, 11) is 1.20. The topological polar surface area (TPSA) is 61.3 Å². The Morgan fingerprint density at radius 1 is 1.45 bits per heavy atom. The lowest BCUT2D eigenvalue weighted by atomic mass is 10.1. The number of hydrogen-bond donors (Lipinski definition) is 0. The van der Waals surface area contributed by atoms with Crippen LogP contribution in [-0.4, -0.2) is 35.8 Å². The van der Waals surface area contributed by atoms with Crippen molar-refractivity contribution in [3.05, 3.63) is 17.6 Å². The summed E-state index contributed by atoms with van der Waals surface area (Å²) in [5, 5.41) is 0. The quantitative estimate of drug-likeness (QED) is 0.796. The van der Waals surface area contributed by atoms with Crippen LogP contribution in [0.1, 0.15) is 29.0 Å². The molecule has 2 rings (SSSR count). The van der Waals surface area contributed by atoms with Gasteiger partial charge in [0.05, 0.1) is 13.3 Å². The van der Waals surface area contributed by atoms with Crippen molar-refractivity contribution in [3.8, 4) is 5.88 Å². The molecule has 0 amide bonds. The van der Waals surface area contributed by atoms with Crippen LogP contribution >= 0.6 is 0 Å². The van der Waals surface area contributed by atoms with Crippen LogP contribution in [0.2, 0.25) is 0 Å². The summed E-state index contributed by atoms with van der Waals surface area (Å²) in [6.45, 7) is 1.02. The minimum absolute atomic E-state index is 0.00632. The van der Waals surface area contributed by atoms with Crippen LogP contribution in [0.15, 0.2) is 6.20 Å². The van der Waals surface area contributed by atoms with Crippen molar-refractivity contribution in [2.75, 3.05) is 13.7 Å². The highest BCUT2D eigenvalue weighted by Gasteiger charge is 2.64. The Kier molecular flexibility index (Phi) is 3.58. The van der Waals surface area contributed by atoms with Crippen molar-refractivity contribution in [3.63, 3.8) is 0 Å². The molecule has 1 aliphatic carbocycles. The molecule has 0 spiro atoms. The Morgan fingerprint density at radius 3 is 2.55 bits per heavy atom. The van der Waals surface area contributed by atoms with Gasteiger partial charge < -0.3 is 9.47 Å². The van der Waals surface area contributed by atoms with Gasteiger partial charge in [-0.1, -0.05) is 0 Å². The minimum Gasteiger partial charge on any atom is -0.475 e. The van der Waals surface area contributed by atoms with Crippen molar-refractivity contribution in [2.45, 2.75) is 25.9 Å². The van der Waals surface area contributed by atoms with Crippen molar-refractivity contribution < 1.29 is 27.4 Å². The van der Waals surface area contributed by atoms with Crippen molar-refractivity contribution in [1.29, 1.82) is 0 Å². The summed E-state index contributed by atoms with van der Waals surface area (Å²) in [6.07, 6.45) is -3.05. The molecule has 0 saturated heterocycles.